The number of methoxy groups -OCH3 is 1. The third kappa shape index (κ3) is 3.85. The van der Waals surface area contributed by atoms with Gasteiger partial charge < -0.3 is 19.0 Å². The number of anilines is 1. The maximum absolute atomic E-state index is 12.4. The molecule has 0 bridgehead atoms. The van der Waals surface area contributed by atoms with E-state index in [-0.39, 0.29) is 11.2 Å². The van der Waals surface area contributed by atoms with Gasteiger partial charge in [-0.15, -0.1) is 10.2 Å². The maximum atomic E-state index is 12.4. The molecule has 1 aromatic carbocycles. The second-order valence-electron chi connectivity index (χ2n) is 5.32. The number of amides is 1. The smallest absolute Gasteiger partial charge is 0.237 e. The summed E-state index contributed by atoms with van der Waals surface area (Å²) in [6.45, 7) is 1.82. The lowest BCUT2D eigenvalue weighted by molar-refractivity contribution is -0.115. The highest BCUT2D eigenvalue weighted by Crippen LogP contribution is 2.26. The number of rotatable bonds is 6. The third-order valence-electron chi connectivity index (χ3n) is 3.59. The van der Waals surface area contributed by atoms with E-state index in [1.165, 1.54) is 11.8 Å². The number of hydrogen-bond donors (Lipinski definition) is 1. The normalized spacial score (nSPS) is 12.0. The first kappa shape index (κ1) is 17.1. The summed E-state index contributed by atoms with van der Waals surface area (Å²) in [5.41, 5.74) is 0.715. The van der Waals surface area contributed by atoms with Gasteiger partial charge in [-0.1, -0.05) is 11.8 Å². The van der Waals surface area contributed by atoms with E-state index >= 15 is 0 Å². The third-order valence-corrected chi connectivity index (χ3v) is 4.72. The van der Waals surface area contributed by atoms with Crippen LogP contribution in [0.15, 0.2) is 52.2 Å². The zero-order valence-corrected chi connectivity index (χ0v) is 14.9. The molecule has 0 spiro atoms. The summed E-state index contributed by atoms with van der Waals surface area (Å²) in [7, 11) is 3.44. The molecule has 3 aromatic rings. The summed E-state index contributed by atoms with van der Waals surface area (Å²) in [6.07, 6.45) is 1.59. The number of benzene rings is 1. The zero-order chi connectivity index (χ0) is 17.8. The number of carbonyl (C=O) groups excluding carboxylic acids is 1. The second kappa shape index (κ2) is 7.43. The Labute approximate surface area is 149 Å². The van der Waals surface area contributed by atoms with Gasteiger partial charge in [0.2, 0.25) is 5.91 Å². The fourth-order valence-electron chi connectivity index (χ4n) is 2.17. The van der Waals surface area contributed by atoms with Crippen molar-refractivity contribution in [1.29, 1.82) is 0 Å². The number of ether oxygens (including phenoxy) is 1. The lowest BCUT2D eigenvalue weighted by Gasteiger charge is -2.12. The van der Waals surface area contributed by atoms with E-state index in [4.69, 9.17) is 9.15 Å². The van der Waals surface area contributed by atoms with Crippen molar-refractivity contribution >= 4 is 23.4 Å². The second-order valence-corrected chi connectivity index (χ2v) is 6.63. The highest BCUT2D eigenvalue weighted by molar-refractivity contribution is 8.00. The first-order chi connectivity index (χ1) is 12.1. The van der Waals surface area contributed by atoms with Gasteiger partial charge in [-0.25, -0.2) is 0 Å². The van der Waals surface area contributed by atoms with Gasteiger partial charge in [-0.05, 0) is 43.3 Å². The van der Waals surface area contributed by atoms with Crippen molar-refractivity contribution in [3.8, 4) is 17.3 Å². The fraction of sp³-hybridized carbons (Fsp3) is 0.235. The Bertz CT molecular complexity index is 843. The molecule has 130 valence electrons. The van der Waals surface area contributed by atoms with E-state index in [1.807, 2.05) is 20.0 Å². The standard InChI is InChI=1S/C17H18N4O3S/c1-11(16(22)18-12-6-8-13(23-3)9-7-12)25-17-20-19-15(21(17)2)14-5-4-10-24-14/h4-11H,1-3H3,(H,18,22)/t11-/m0/s1. The van der Waals surface area contributed by atoms with Crippen LogP contribution in [0.1, 0.15) is 6.92 Å². The molecule has 7 nitrogen and oxygen atoms in total. The van der Waals surface area contributed by atoms with Crippen molar-refractivity contribution in [3.05, 3.63) is 42.7 Å². The minimum atomic E-state index is -0.338. The molecule has 0 saturated heterocycles. The van der Waals surface area contributed by atoms with Crippen molar-refractivity contribution in [1.82, 2.24) is 14.8 Å². The fourth-order valence-corrected chi connectivity index (χ4v) is 2.98. The van der Waals surface area contributed by atoms with E-state index in [0.29, 0.717) is 22.4 Å². The molecule has 0 saturated carbocycles. The van der Waals surface area contributed by atoms with Gasteiger partial charge in [-0.2, -0.15) is 0 Å². The van der Waals surface area contributed by atoms with Crippen LogP contribution in [-0.4, -0.2) is 33.0 Å². The highest BCUT2D eigenvalue weighted by atomic mass is 32.2. The van der Waals surface area contributed by atoms with Crippen LogP contribution >= 0.6 is 11.8 Å². The Morgan fingerprint density at radius 3 is 2.68 bits per heavy atom. The molecule has 2 aromatic heterocycles. The molecule has 0 aliphatic rings. The molecule has 0 unspecified atom stereocenters. The molecule has 25 heavy (non-hydrogen) atoms. The SMILES string of the molecule is COc1ccc(NC(=O)[C@H](C)Sc2nnc(-c3ccco3)n2C)cc1. The van der Waals surface area contributed by atoms with Gasteiger partial charge in [0.15, 0.2) is 16.7 Å². The molecule has 0 aliphatic carbocycles. The Morgan fingerprint density at radius 2 is 2.04 bits per heavy atom. The van der Waals surface area contributed by atoms with Crippen LogP contribution in [0.5, 0.6) is 5.75 Å². The summed E-state index contributed by atoms with van der Waals surface area (Å²) in [5, 5.41) is 11.4. The lowest BCUT2D eigenvalue weighted by Crippen LogP contribution is -2.22. The van der Waals surface area contributed by atoms with Crippen molar-refractivity contribution in [2.24, 2.45) is 7.05 Å². The van der Waals surface area contributed by atoms with Crippen LogP contribution in [0.25, 0.3) is 11.6 Å². The van der Waals surface area contributed by atoms with Gasteiger partial charge >= 0.3 is 0 Å². The molecule has 0 fully saturated rings. The van der Waals surface area contributed by atoms with Crippen LogP contribution < -0.4 is 10.1 Å². The Balaban J connectivity index is 1.65. The lowest BCUT2D eigenvalue weighted by atomic mass is 10.3. The quantitative estimate of drug-likeness (QED) is 0.682. The van der Waals surface area contributed by atoms with E-state index in [2.05, 4.69) is 15.5 Å². The zero-order valence-electron chi connectivity index (χ0n) is 14.1. The van der Waals surface area contributed by atoms with Crippen LogP contribution in [0.4, 0.5) is 5.69 Å². The van der Waals surface area contributed by atoms with Crippen molar-refractivity contribution in [3.63, 3.8) is 0 Å². The van der Waals surface area contributed by atoms with E-state index in [1.54, 1.807) is 48.3 Å². The van der Waals surface area contributed by atoms with Gasteiger partial charge in [0, 0.05) is 12.7 Å². The molecule has 0 radical (unpaired) electrons. The molecule has 8 heteroatoms. The van der Waals surface area contributed by atoms with Crippen LogP contribution in [0, 0.1) is 0 Å². The van der Waals surface area contributed by atoms with E-state index in [0.717, 1.165) is 5.75 Å². The Hall–Kier alpha value is -2.74. The Kier molecular flexibility index (Phi) is 5.08. The molecule has 1 N–H and O–H groups in total. The summed E-state index contributed by atoms with van der Waals surface area (Å²) in [5.74, 6) is 1.88. The number of hydrogen-bond acceptors (Lipinski definition) is 6. The first-order valence-corrected chi connectivity index (χ1v) is 8.51. The average molecular weight is 358 g/mol. The van der Waals surface area contributed by atoms with E-state index < -0.39 is 0 Å². The largest absolute Gasteiger partial charge is 0.497 e. The predicted molar refractivity (Wildman–Crippen MR) is 95.6 cm³/mol. The van der Waals surface area contributed by atoms with Crippen LogP contribution in [0.3, 0.4) is 0 Å². The topological polar surface area (TPSA) is 82.2 Å². The number of nitrogens with zero attached hydrogens (tertiary/aromatic N) is 3. The maximum Gasteiger partial charge on any atom is 0.237 e. The number of nitrogens with one attached hydrogen (secondary N) is 1. The van der Waals surface area contributed by atoms with Crippen molar-refractivity contribution in [2.75, 3.05) is 12.4 Å². The minimum absolute atomic E-state index is 0.113. The molecule has 2 heterocycles. The monoisotopic (exact) mass is 358 g/mol. The van der Waals surface area contributed by atoms with Gasteiger partial charge in [0.1, 0.15) is 5.75 Å². The number of carbonyl (C=O) groups is 1. The molecule has 1 amide bonds. The van der Waals surface area contributed by atoms with Crippen molar-refractivity contribution in [2.45, 2.75) is 17.3 Å². The van der Waals surface area contributed by atoms with Gasteiger partial charge in [0.25, 0.3) is 0 Å². The Morgan fingerprint density at radius 1 is 1.28 bits per heavy atom. The number of furan rings is 1. The van der Waals surface area contributed by atoms with Gasteiger partial charge in [0.05, 0.1) is 18.6 Å². The highest BCUT2D eigenvalue weighted by Gasteiger charge is 2.20. The number of thioether (sulfide) groups is 1. The van der Waals surface area contributed by atoms with Crippen molar-refractivity contribution < 1.29 is 13.9 Å². The summed E-state index contributed by atoms with van der Waals surface area (Å²) in [4.78, 5) is 12.4. The van der Waals surface area contributed by atoms with Crippen LogP contribution in [0.2, 0.25) is 0 Å². The molecular formula is C17H18N4O3S. The van der Waals surface area contributed by atoms with E-state index in [9.17, 15) is 4.79 Å². The molecule has 0 aliphatic heterocycles. The summed E-state index contributed by atoms with van der Waals surface area (Å²) >= 11 is 1.33. The number of aromatic nitrogens is 3. The van der Waals surface area contributed by atoms with Gasteiger partial charge in [-0.3, -0.25) is 4.79 Å². The minimum Gasteiger partial charge on any atom is -0.497 e. The average Bonchev–Trinajstić information content (AvgIpc) is 3.26. The molecule has 3 rings (SSSR count). The first-order valence-electron chi connectivity index (χ1n) is 7.63. The molecule has 1 atom stereocenters. The van der Waals surface area contributed by atoms with Crippen LogP contribution in [-0.2, 0) is 11.8 Å². The summed E-state index contributed by atoms with van der Waals surface area (Å²) < 4.78 is 12.3. The molecular weight excluding hydrogens is 340 g/mol. The summed E-state index contributed by atoms with van der Waals surface area (Å²) in [6, 6.07) is 10.8. The predicted octanol–water partition coefficient (Wildman–Crippen LogP) is 3.20.